The van der Waals surface area contributed by atoms with Gasteiger partial charge in [-0.3, -0.25) is 0 Å². The van der Waals surface area contributed by atoms with Crippen molar-refractivity contribution < 1.29 is 91.2 Å². The second kappa shape index (κ2) is 28.9. The molecule has 0 aromatic rings. The SMILES string of the molecule is [Cu].[Fe].[Ni].[Pt].[Rh]. The number of rotatable bonds is 0. The molecule has 48 valence electrons. The Labute approximate surface area is 89.9 Å². The van der Waals surface area contributed by atoms with Crippen molar-refractivity contribution in [1.29, 1.82) is 0 Å². The molecule has 0 saturated heterocycles. The van der Waals surface area contributed by atoms with Gasteiger partial charge in [-0.15, -0.1) is 0 Å². The van der Waals surface area contributed by atoms with Crippen molar-refractivity contribution in [2.75, 3.05) is 0 Å². The monoisotopic (exact) mass is 475 g/mol. The summed E-state index contributed by atoms with van der Waals surface area (Å²) in [5, 5.41) is 0. The van der Waals surface area contributed by atoms with Crippen LogP contribution >= 0.6 is 0 Å². The third-order valence-corrected chi connectivity index (χ3v) is 0. The summed E-state index contributed by atoms with van der Waals surface area (Å²) in [6.07, 6.45) is 0. The Morgan fingerprint density at radius 1 is 1.00 bits per heavy atom. The van der Waals surface area contributed by atoms with Gasteiger partial charge in [0.05, 0.1) is 0 Å². The van der Waals surface area contributed by atoms with Gasteiger partial charge in [0.2, 0.25) is 0 Å². The zero-order chi connectivity index (χ0) is 0. The van der Waals surface area contributed by atoms with Gasteiger partial charge in [-0.2, -0.15) is 0 Å². The predicted molar refractivity (Wildman–Crippen MR) is 0 cm³/mol. The van der Waals surface area contributed by atoms with Crippen LogP contribution in [0.3, 0.4) is 0 Å². The van der Waals surface area contributed by atoms with E-state index in [1.165, 1.54) is 0 Å². The van der Waals surface area contributed by atoms with Gasteiger partial charge in [0.1, 0.15) is 0 Å². The van der Waals surface area contributed by atoms with Crippen molar-refractivity contribution >= 4 is 0 Å². The first-order chi connectivity index (χ1) is 0. The van der Waals surface area contributed by atoms with Gasteiger partial charge in [-0.05, 0) is 0 Å². The first-order valence-electron chi connectivity index (χ1n) is 0. The summed E-state index contributed by atoms with van der Waals surface area (Å²) in [4.78, 5) is 0. The maximum absolute atomic E-state index is 0. The molecule has 0 unspecified atom stereocenters. The Balaban J connectivity index is 0. The smallest absolute Gasteiger partial charge is 0 e. The molecule has 5 heteroatoms. The van der Waals surface area contributed by atoms with Gasteiger partial charge in [0.15, 0.2) is 0 Å². The van der Waals surface area contributed by atoms with Crippen molar-refractivity contribution in [3.63, 3.8) is 0 Å². The van der Waals surface area contributed by atoms with Gasteiger partial charge in [0.25, 0.3) is 0 Å². The molecule has 0 nitrogen and oxygen atoms in total. The topological polar surface area (TPSA) is 0 Å². The summed E-state index contributed by atoms with van der Waals surface area (Å²) < 4.78 is 0. The van der Waals surface area contributed by atoms with E-state index in [4.69, 9.17) is 0 Å². The molecule has 0 aliphatic carbocycles. The Bertz CT molecular complexity index is 11.6. The molecule has 0 heterocycles. The Kier molecular flexibility index (Phi) is 263. The molecular weight excluding hydrogens is 476 g/mol. The molecular formula is CuFeNiPtRh. The molecule has 2 radical (unpaired) electrons. The van der Waals surface area contributed by atoms with Crippen LogP contribution in [-0.2, 0) is 91.2 Å². The standard InChI is InChI=1S/Cu.Fe.Ni.Pt.Rh. The molecule has 0 aliphatic heterocycles. The van der Waals surface area contributed by atoms with Gasteiger partial charge >= 0.3 is 0 Å². The Hall–Kier alpha value is 2.84. The maximum Gasteiger partial charge on any atom is 0 e. The third kappa shape index (κ3) is 19.9. The summed E-state index contributed by atoms with van der Waals surface area (Å²) in [7, 11) is 0. The van der Waals surface area contributed by atoms with Crippen LogP contribution in [0.2, 0.25) is 0 Å². The second-order valence-corrected chi connectivity index (χ2v) is 0. The van der Waals surface area contributed by atoms with Gasteiger partial charge in [-0.25, -0.2) is 0 Å². The molecule has 0 amide bonds. The summed E-state index contributed by atoms with van der Waals surface area (Å²) in [6, 6.07) is 0. The van der Waals surface area contributed by atoms with Crippen LogP contribution in [0.5, 0.6) is 0 Å². The zero-order valence-corrected chi connectivity index (χ0v) is 8.57. The van der Waals surface area contributed by atoms with E-state index < -0.39 is 0 Å². The molecule has 0 aromatic carbocycles. The molecule has 0 atom stereocenters. The fourth-order valence-electron chi connectivity index (χ4n) is 0. The number of hydrogen-bond donors (Lipinski definition) is 0. The van der Waals surface area contributed by atoms with Gasteiger partial charge < -0.3 is 0 Å². The molecule has 0 spiro atoms. The molecule has 5 heavy (non-hydrogen) atoms. The molecule has 0 aromatic heterocycles. The first kappa shape index (κ1) is 45.4. The van der Waals surface area contributed by atoms with Crippen LogP contribution < -0.4 is 0 Å². The van der Waals surface area contributed by atoms with Gasteiger partial charge in [-0.1, -0.05) is 0 Å². The van der Waals surface area contributed by atoms with Crippen LogP contribution in [0.15, 0.2) is 0 Å². The van der Waals surface area contributed by atoms with E-state index in [0.717, 1.165) is 0 Å². The van der Waals surface area contributed by atoms with Crippen molar-refractivity contribution in [2.24, 2.45) is 0 Å². The predicted octanol–water partition coefficient (Wildman–Crippen LogP) is -0.0125. The molecule has 0 aliphatic rings. The minimum atomic E-state index is 0. The summed E-state index contributed by atoms with van der Waals surface area (Å²) in [6.45, 7) is 0. The van der Waals surface area contributed by atoms with E-state index >= 15 is 0 Å². The van der Waals surface area contributed by atoms with Crippen molar-refractivity contribution in [3.05, 3.63) is 0 Å². The minimum Gasteiger partial charge on any atom is 0 e. The van der Waals surface area contributed by atoms with Crippen molar-refractivity contribution in [3.8, 4) is 0 Å². The van der Waals surface area contributed by atoms with Crippen LogP contribution in [0.25, 0.3) is 0 Å². The normalized spacial score (nSPS) is 0. The van der Waals surface area contributed by atoms with Crippen LogP contribution in [0, 0.1) is 0 Å². The van der Waals surface area contributed by atoms with Gasteiger partial charge in [0, 0.05) is 91.2 Å². The quantitative estimate of drug-likeness (QED) is 0.432. The van der Waals surface area contributed by atoms with E-state index in [1.54, 1.807) is 0 Å². The van der Waals surface area contributed by atoms with Crippen molar-refractivity contribution in [1.82, 2.24) is 0 Å². The molecule has 0 fully saturated rings. The number of hydrogen-bond acceptors (Lipinski definition) is 0. The fourth-order valence-corrected chi connectivity index (χ4v) is 0. The molecule has 0 rings (SSSR count). The summed E-state index contributed by atoms with van der Waals surface area (Å²) >= 11 is 0. The maximum atomic E-state index is 0. The van der Waals surface area contributed by atoms with Crippen molar-refractivity contribution in [2.45, 2.75) is 0 Å². The average Bonchev–Trinajstić information content (AvgIpc) is 0. The van der Waals surface area contributed by atoms with E-state index in [2.05, 4.69) is 0 Å². The van der Waals surface area contributed by atoms with E-state index in [0.29, 0.717) is 0 Å². The largest absolute Gasteiger partial charge is 0 e. The third-order valence-electron chi connectivity index (χ3n) is 0. The molecule has 0 bridgehead atoms. The van der Waals surface area contributed by atoms with Crippen LogP contribution in [0.4, 0.5) is 0 Å². The van der Waals surface area contributed by atoms with Crippen LogP contribution in [-0.4, -0.2) is 0 Å². The minimum absolute atomic E-state index is 0. The summed E-state index contributed by atoms with van der Waals surface area (Å²) in [5.41, 5.74) is 0. The Morgan fingerprint density at radius 2 is 1.00 bits per heavy atom. The summed E-state index contributed by atoms with van der Waals surface area (Å²) in [5.74, 6) is 0. The average molecular weight is 476 g/mol. The van der Waals surface area contributed by atoms with E-state index in [1.807, 2.05) is 0 Å². The second-order valence-electron chi connectivity index (χ2n) is 0. The fraction of sp³-hybridized carbons (Fsp3) is 0. The zero-order valence-electron chi connectivity index (χ0n) is 1.62. The van der Waals surface area contributed by atoms with E-state index in [9.17, 15) is 0 Å². The van der Waals surface area contributed by atoms with Crippen LogP contribution in [0.1, 0.15) is 0 Å². The Morgan fingerprint density at radius 3 is 1.00 bits per heavy atom. The first-order valence-corrected chi connectivity index (χ1v) is 0. The van der Waals surface area contributed by atoms with E-state index in [-0.39, 0.29) is 91.2 Å². The molecule has 0 N–H and O–H groups in total. The molecule has 0 saturated carbocycles.